The molecule has 3 rings (SSSR count). The minimum atomic E-state index is -4.74. The van der Waals surface area contributed by atoms with Gasteiger partial charge in [-0.3, -0.25) is 14.9 Å². The molecular weight excluding hydrogens is 493 g/mol. The van der Waals surface area contributed by atoms with Crippen LogP contribution < -0.4 is 10.9 Å². The second-order valence-corrected chi connectivity index (χ2v) is 7.77. The largest absolute Gasteiger partial charge is 0.416 e. The number of alkyl halides is 3. The second-order valence-electron chi connectivity index (χ2n) is 6.51. The number of nitro benzene ring substituents is 1. The number of hydrogen-bond acceptors (Lipinski definition) is 5. The van der Waals surface area contributed by atoms with Crippen molar-refractivity contribution < 1.29 is 18.1 Å². The first kappa shape index (κ1) is 22.0. The lowest BCUT2D eigenvalue weighted by Crippen LogP contribution is -2.19. The maximum absolute atomic E-state index is 13.2. The van der Waals surface area contributed by atoms with Crippen LogP contribution in [0.3, 0.4) is 0 Å². The summed E-state index contributed by atoms with van der Waals surface area (Å²) in [6, 6.07) is 3.11. The third kappa shape index (κ3) is 4.12. The fourth-order valence-corrected chi connectivity index (χ4v) is 3.75. The predicted molar refractivity (Wildman–Crippen MR) is 110 cm³/mol. The summed E-state index contributed by atoms with van der Waals surface area (Å²) < 4.78 is 41.1. The highest BCUT2D eigenvalue weighted by atomic mass is 79.9. The predicted octanol–water partition coefficient (Wildman–Crippen LogP) is 5.45. The monoisotopic (exact) mass is 504 g/mol. The van der Waals surface area contributed by atoms with Crippen LogP contribution in [0, 0.1) is 10.1 Å². The van der Waals surface area contributed by atoms with Crippen LogP contribution in [0.5, 0.6) is 0 Å². The summed E-state index contributed by atoms with van der Waals surface area (Å²) in [5.41, 5.74) is -1.70. The van der Waals surface area contributed by atoms with Gasteiger partial charge in [-0.2, -0.15) is 13.2 Å². The van der Waals surface area contributed by atoms with Crippen molar-refractivity contribution in [2.45, 2.75) is 19.1 Å². The van der Waals surface area contributed by atoms with Gasteiger partial charge in [0.25, 0.3) is 11.2 Å². The Hall–Kier alpha value is -2.66. The molecule has 12 heteroatoms. The number of nitro groups is 1. The minimum absolute atomic E-state index is 0.0466. The van der Waals surface area contributed by atoms with Gasteiger partial charge in [0.2, 0.25) is 0 Å². The molecule has 0 bridgehead atoms. The lowest BCUT2D eigenvalue weighted by atomic mass is 10.0. The van der Waals surface area contributed by atoms with Gasteiger partial charge in [-0.15, -0.1) is 0 Å². The summed E-state index contributed by atoms with van der Waals surface area (Å²) in [6.45, 7) is 1.54. The molecule has 0 fully saturated rings. The van der Waals surface area contributed by atoms with Crippen molar-refractivity contribution in [3.63, 3.8) is 0 Å². The van der Waals surface area contributed by atoms with Crippen LogP contribution in [-0.4, -0.2) is 14.5 Å². The van der Waals surface area contributed by atoms with Crippen LogP contribution in [0.2, 0.25) is 5.02 Å². The normalized spacial score (nSPS) is 12.8. The molecule has 0 aliphatic heterocycles. The molecule has 7 nitrogen and oxygen atoms in total. The van der Waals surface area contributed by atoms with Crippen molar-refractivity contribution in [3.05, 3.63) is 71.6 Å². The minimum Gasteiger partial charge on any atom is -0.363 e. The van der Waals surface area contributed by atoms with E-state index in [4.69, 9.17) is 11.6 Å². The van der Waals surface area contributed by atoms with E-state index >= 15 is 0 Å². The number of aromatic nitrogens is 2. The summed E-state index contributed by atoms with van der Waals surface area (Å²) in [7, 11) is 1.52. The first-order chi connectivity index (χ1) is 13.9. The van der Waals surface area contributed by atoms with Crippen LogP contribution in [-0.2, 0) is 13.2 Å². The lowest BCUT2D eigenvalue weighted by molar-refractivity contribution is -0.385. The number of aryl methyl sites for hydroxylation is 1. The average Bonchev–Trinajstić information content (AvgIpc) is 2.67. The molecule has 3 aromatic rings. The number of pyridine rings is 2. The summed E-state index contributed by atoms with van der Waals surface area (Å²) in [6.07, 6.45) is -3.43. The van der Waals surface area contributed by atoms with Crippen LogP contribution in [0.1, 0.15) is 24.1 Å². The molecule has 0 saturated heterocycles. The Labute approximate surface area is 180 Å². The van der Waals surface area contributed by atoms with E-state index in [0.29, 0.717) is 17.0 Å². The summed E-state index contributed by atoms with van der Waals surface area (Å²) in [5, 5.41) is 14.7. The molecule has 0 saturated carbocycles. The molecule has 1 aromatic carbocycles. The lowest BCUT2D eigenvalue weighted by Gasteiger charge is -2.19. The molecule has 0 spiro atoms. The molecule has 2 heterocycles. The van der Waals surface area contributed by atoms with Crippen molar-refractivity contribution in [3.8, 4) is 0 Å². The van der Waals surface area contributed by atoms with E-state index in [-0.39, 0.29) is 26.4 Å². The van der Waals surface area contributed by atoms with E-state index in [1.165, 1.54) is 23.9 Å². The topological polar surface area (TPSA) is 90.1 Å². The number of hydrogen-bond donors (Lipinski definition) is 1. The van der Waals surface area contributed by atoms with Gasteiger partial charge in [-0.1, -0.05) is 11.6 Å². The number of nitrogens with one attached hydrogen (secondary N) is 1. The highest BCUT2D eigenvalue weighted by molar-refractivity contribution is 9.10. The molecule has 0 amide bonds. The number of non-ortho nitro benzene ring substituents is 1. The van der Waals surface area contributed by atoms with E-state index in [1.54, 1.807) is 6.92 Å². The van der Waals surface area contributed by atoms with Crippen LogP contribution in [0.15, 0.2) is 39.7 Å². The Balaban J connectivity index is 2.11. The zero-order valence-corrected chi connectivity index (χ0v) is 17.8. The van der Waals surface area contributed by atoms with Gasteiger partial charge in [0.05, 0.1) is 37.7 Å². The maximum Gasteiger partial charge on any atom is 0.416 e. The second kappa shape index (κ2) is 7.88. The van der Waals surface area contributed by atoms with E-state index in [9.17, 15) is 28.1 Å². The molecule has 2 aromatic heterocycles. The number of benzene rings is 1. The Kier molecular flexibility index (Phi) is 5.79. The molecular formula is C18H13BrClF3N4O3. The quantitative estimate of drug-likeness (QED) is 0.376. The Bertz CT molecular complexity index is 1230. The van der Waals surface area contributed by atoms with Gasteiger partial charge in [0.15, 0.2) is 0 Å². The number of fused-ring (bicyclic) bond motifs is 1. The third-order valence-electron chi connectivity index (χ3n) is 4.49. The third-order valence-corrected chi connectivity index (χ3v) is 5.34. The zero-order valence-electron chi connectivity index (χ0n) is 15.4. The first-order valence-electron chi connectivity index (χ1n) is 8.37. The van der Waals surface area contributed by atoms with Crippen molar-refractivity contribution in [2.75, 3.05) is 5.32 Å². The van der Waals surface area contributed by atoms with Crippen LogP contribution >= 0.6 is 27.5 Å². The van der Waals surface area contributed by atoms with E-state index in [0.717, 1.165) is 12.1 Å². The van der Waals surface area contributed by atoms with E-state index in [2.05, 4.69) is 26.2 Å². The zero-order chi connectivity index (χ0) is 22.4. The van der Waals surface area contributed by atoms with Gasteiger partial charge in [-0.05, 0) is 40.5 Å². The van der Waals surface area contributed by atoms with Gasteiger partial charge in [0, 0.05) is 24.6 Å². The Morgan fingerprint density at radius 3 is 2.57 bits per heavy atom. The summed E-state index contributed by atoms with van der Waals surface area (Å²) >= 11 is 9.34. The van der Waals surface area contributed by atoms with Crippen molar-refractivity contribution >= 4 is 49.9 Å². The first-order valence-corrected chi connectivity index (χ1v) is 9.54. The highest BCUT2D eigenvalue weighted by Gasteiger charge is 2.33. The van der Waals surface area contributed by atoms with Crippen molar-refractivity contribution in [1.82, 2.24) is 9.55 Å². The van der Waals surface area contributed by atoms with E-state index in [1.807, 2.05) is 0 Å². The molecule has 0 aliphatic carbocycles. The molecule has 0 aliphatic rings. The maximum atomic E-state index is 13.2. The van der Waals surface area contributed by atoms with E-state index < -0.39 is 28.4 Å². The highest BCUT2D eigenvalue weighted by Crippen LogP contribution is 2.35. The molecule has 158 valence electrons. The summed E-state index contributed by atoms with van der Waals surface area (Å²) in [5.74, 6) is 0.248. The SMILES string of the molecule is C[C@@H](Nc1ncc(Cl)c2c1cc(Br)c(=O)n2C)c1cc([N+](=O)[O-])cc(C(F)(F)F)c1. The average molecular weight is 506 g/mol. The number of anilines is 1. The molecule has 30 heavy (non-hydrogen) atoms. The van der Waals surface area contributed by atoms with Gasteiger partial charge < -0.3 is 9.88 Å². The number of rotatable bonds is 4. The number of nitrogens with zero attached hydrogens (tertiary/aromatic N) is 3. The van der Waals surface area contributed by atoms with Crippen LogP contribution in [0.4, 0.5) is 24.7 Å². The van der Waals surface area contributed by atoms with Crippen LogP contribution in [0.25, 0.3) is 10.9 Å². The Morgan fingerprint density at radius 1 is 1.30 bits per heavy atom. The summed E-state index contributed by atoms with van der Waals surface area (Å²) in [4.78, 5) is 26.6. The fraction of sp³-hybridized carbons (Fsp3) is 0.222. The van der Waals surface area contributed by atoms with Crippen molar-refractivity contribution in [2.24, 2.45) is 7.05 Å². The molecule has 0 unspecified atom stereocenters. The molecule has 0 radical (unpaired) electrons. The molecule has 1 N–H and O–H groups in total. The van der Waals surface area contributed by atoms with Crippen molar-refractivity contribution in [1.29, 1.82) is 0 Å². The molecule has 1 atom stereocenters. The fourth-order valence-electron chi connectivity index (χ4n) is 2.98. The van der Waals surface area contributed by atoms with Gasteiger partial charge in [-0.25, -0.2) is 4.98 Å². The number of halogens is 5. The smallest absolute Gasteiger partial charge is 0.363 e. The van der Waals surface area contributed by atoms with Gasteiger partial charge >= 0.3 is 6.18 Å². The van der Waals surface area contributed by atoms with Gasteiger partial charge in [0.1, 0.15) is 5.82 Å². The standard InChI is InChI=1S/C18H13BrClF3N4O3/c1-8(9-3-10(18(21,22)23)5-11(4-9)27(29)30)25-16-12-6-13(19)17(28)26(2)15(12)14(20)7-24-16/h3-8H,1-2H3,(H,24,25)/t8-/m1/s1. The Morgan fingerprint density at radius 2 is 1.97 bits per heavy atom.